The second kappa shape index (κ2) is 3.30. The van der Waals surface area contributed by atoms with Crippen LogP contribution in [0.15, 0.2) is 0 Å². The average molecular weight is 248 g/mol. The standard InChI is InChI=1S/C15H24N2O/c16-13(18)15(17,12-1-2-12)14-6-9-3-10(7-14)5-11(4-9)8-14/h9-12H,1-8,17H2,(H2,16,18). The van der Waals surface area contributed by atoms with Gasteiger partial charge in [-0.1, -0.05) is 0 Å². The van der Waals surface area contributed by atoms with Gasteiger partial charge in [0.2, 0.25) is 5.91 Å². The Morgan fingerprint density at radius 2 is 1.44 bits per heavy atom. The van der Waals surface area contributed by atoms with Crippen LogP contribution in [0, 0.1) is 29.1 Å². The summed E-state index contributed by atoms with van der Waals surface area (Å²) < 4.78 is 0. The second-order valence-electron chi connectivity index (χ2n) is 7.71. The number of amides is 1. The van der Waals surface area contributed by atoms with E-state index in [1.165, 1.54) is 38.5 Å². The molecule has 5 rings (SSSR count). The van der Waals surface area contributed by atoms with Gasteiger partial charge in [0.05, 0.1) is 0 Å². The third-order valence-corrected chi connectivity index (χ3v) is 6.54. The van der Waals surface area contributed by atoms with Crippen LogP contribution in [0.3, 0.4) is 0 Å². The smallest absolute Gasteiger partial charge is 0.238 e. The molecule has 0 aromatic heterocycles. The van der Waals surface area contributed by atoms with E-state index in [9.17, 15) is 4.79 Å². The lowest BCUT2D eigenvalue weighted by Crippen LogP contribution is -2.69. The summed E-state index contributed by atoms with van der Waals surface area (Å²) in [5.74, 6) is 2.66. The first-order chi connectivity index (χ1) is 8.53. The molecule has 3 heteroatoms. The molecule has 0 aromatic rings. The van der Waals surface area contributed by atoms with Gasteiger partial charge in [-0.15, -0.1) is 0 Å². The highest BCUT2D eigenvalue weighted by molar-refractivity contribution is 5.86. The van der Waals surface area contributed by atoms with Crippen molar-refractivity contribution in [3.8, 4) is 0 Å². The Balaban J connectivity index is 1.75. The molecule has 1 atom stereocenters. The number of primary amides is 1. The molecule has 0 spiro atoms. The number of hydrogen-bond acceptors (Lipinski definition) is 2. The largest absolute Gasteiger partial charge is 0.368 e. The third-order valence-electron chi connectivity index (χ3n) is 6.54. The lowest BCUT2D eigenvalue weighted by Gasteiger charge is -2.62. The molecule has 18 heavy (non-hydrogen) atoms. The van der Waals surface area contributed by atoms with E-state index in [2.05, 4.69) is 0 Å². The molecule has 5 saturated carbocycles. The van der Waals surface area contributed by atoms with Gasteiger partial charge in [-0.25, -0.2) is 0 Å². The summed E-state index contributed by atoms with van der Waals surface area (Å²) in [5.41, 5.74) is 11.8. The van der Waals surface area contributed by atoms with Crippen LogP contribution in [0.25, 0.3) is 0 Å². The minimum atomic E-state index is -0.691. The van der Waals surface area contributed by atoms with Crippen molar-refractivity contribution in [2.24, 2.45) is 40.6 Å². The van der Waals surface area contributed by atoms with Crippen LogP contribution in [-0.4, -0.2) is 11.4 Å². The molecule has 0 saturated heterocycles. The molecule has 5 aliphatic rings. The topological polar surface area (TPSA) is 69.1 Å². The van der Waals surface area contributed by atoms with Crippen molar-refractivity contribution in [3.63, 3.8) is 0 Å². The molecule has 1 amide bonds. The van der Waals surface area contributed by atoms with E-state index in [0.717, 1.165) is 30.6 Å². The second-order valence-corrected chi connectivity index (χ2v) is 7.71. The van der Waals surface area contributed by atoms with Crippen LogP contribution in [0.5, 0.6) is 0 Å². The fourth-order valence-corrected chi connectivity index (χ4v) is 6.05. The highest BCUT2D eigenvalue weighted by atomic mass is 16.1. The van der Waals surface area contributed by atoms with E-state index in [1.54, 1.807) is 0 Å². The van der Waals surface area contributed by atoms with Crippen LogP contribution in [0.2, 0.25) is 0 Å². The molecule has 0 radical (unpaired) electrons. The number of carbonyl (C=O) groups is 1. The molecular formula is C15H24N2O. The average Bonchev–Trinajstić information content (AvgIpc) is 3.09. The van der Waals surface area contributed by atoms with Crippen molar-refractivity contribution in [2.45, 2.75) is 56.9 Å². The Bertz CT molecular complexity index is 366. The highest BCUT2D eigenvalue weighted by Gasteiger charge is 2.65. The predicted octanol–water partition coefficient (Wildman–Crippen LogP) is 1.80. The molecule has 5 aliphatic carbocycles. The van der Waals surface area contributed by atoms with Gasteiger partial charge in [-0.2, -0.15) is 0 Å². The van der Waals surface area contributed by atoms with E-state index in [-0.39, 0.29) is 11.3 Å². The normalized spacial score (nSPS) is 49.1. The van der Waals surface area contributed by atoms with Crippen LogP contribution in [-0.2, 0) is 4.79 Å². The van der Waals surface area contributed by atoms with Crippen molar-refractivity contribution in [2.75, 3.05) is 0 Å². The monoisotopic (exact) mass is 248 g/mol. The maximum atomic E-state index is 12.1. The van der Waals surface area contributed by atoms with Gasteiger partial charge in [0.25, 0.3) is 0 Å². The van der Waals surface area contributed by atoms with E-state index in [0.29, 0.717) is 5.92 Å². The summed E-state index contributed by atoms with van der Waals surface area (Å²) in [5, 5.41) is 0. The molecule has 4 bridgehead atoms. The summed E-state index contributed by atoms with van der Waals surface area (Å²) in [6, 6.07) is 0. The van der Waals surface area contributed by atoms with Gasteiger partial charge < -0.3 is 11.5 Å². The van der Waals surface area contributed by atoms with Gasteiger partial charge >= 0.3 is 0 Å². The number of hydrogen-bond donors (Lipinski definition) is 2. The third kappa shape index (κ3) is 1.26. The molecule has 0 aliphatic heterocycles. The fourth-order valence-electron chi connectivity index (χ4n) is 6.05. The molecule has 3 nitrogen and oxygen atoms in total. The zero-order chi connectivity index (χ0) is 12.5. The minimum Gasteiger partial charge on any atom is -0.368 e. The number of rotatable bonds is 3. The Morgan fingerprint density at radius 1 is 1.00 bits per heavy atom. The maximum absolute atomic E-state index is 12.1. The number of carbonyl (C=O) groups excluding carboxylic acids is 1. The minimum absolute atomic E-state index is 0.0642. The van der Waals surface area contributed by atoms with Crippen molar-refractivity contribution in [3.05, 3.63) is 0 Å². The Kier molecular flexibility index (Phi) is 2.07. The maximum Gasteiger partial charge on any atom is 0.238 e. The zero-order valence-corrected chi connectivity index (χ0v) is 11.0. The first-order valence-electron chi connectivity index (χ1n) is 7.62. The van der Waals surface area contributed by atoms with E-state index < -0.39 is 5.54 Å². The molecule has 1 unspecified atom stereocenters. The summed E-state index contributed by atoms with van der Waals surface area (Å²) in [7, 11) is 0. The van der Waals surface area contributed by atoms with Gasteiger partial charge in [0, 0.05) is 0 Å². The summed E-state index contributed by atoms with van der Waals surface area (Å²) in [6.07, 6.45) is 9.91. The van der Waals surface area contributed by atoms with E-state index >= 15 is 0 Å². The van der Waals surface area contributed by atoms with Crippen LogP contribution >= 0.6 is 0 Å². The lowest BCUT2D eigenvalue weighted by atomic mass is 9.44. The van der Waals surface area contributed by atoms with Crippen LogP contribution in [0.4, 0.5) is 0 Å². The Morgan fingerprint density at radius 3 is 1.78 bits per heavy atom. The molecule has 5 fully saturated rings. The number of nitrogens with two attached hydrogens (primary N) is 2. The molecule has 0 aromatic carbocycles. The first-order valence-corrected chi connectivity index (χ1v) is 7.62. The van der Waals surface area contributed by atoms with Gasteiger partial charge in [0.1, 0.15) is 5.54 Å². The van der Waals surface area contributed by atoms with Gasteiger partial charge in [-0.05, 0) is 80.5 Å². The van der Waals surface area contributed by atoms with Crippen molar-refractivity contribution in [1.29, 1.82) is 0 Å². The van der Waals surface area contributed by atoms with E-state index in [1.807, 2.05) is 0 Å². The molecular weight excluding hydrogens is 224 g/mol. The van der Waals surface area contributed by atoms with Gasteiger partial charge in [0.15, 0.2) is 0 Å². The van der Waals surface area contributed by atoms with Crippen molar-refractivity contribution < 1.29 is 4.79 Å². The Hall–Kier alpha value is -0.570. The highest BCUT2D eigenvalue weighted by Crippen LogP contribution is 2.66. The molecule has 100 valence electrons. The Labute approximate surface area is 109 Å². The fraction of sp³-hybridized carbons (Fsp3) is 0.933. The zero-order valence-electron chi connectivity index (χ0n) is 11.0. The quantitative estimate of drug-likeness (QED) is 0.799. The molecule has 4 N–H and O–H groups in total. The van der Waals surface area contributed by atoms with Crippen LogP contribution < -0.4 is 11.5 Å². The molecule has 0 heterocycles. The summed E-state index contributed by atoms with van der Waals surface area (Å²) in [6.45, 7) is 0. The van der Waals surface area contributed by atoms with Crippen LogP contribution in [0.1, 0.15) is 51.4 Å². The first kappa shape index (κ1) is 11.3. The van der Waals surface area contributed by atoms with Crippen molar-refractivity contribution >= 4 is 5.91 Å². The SMILES string of the molecule is NC(=O)C(N)(C1CC1)C12CC3CC(CC(C3)C1)C2. The van der Waals surface area contributed by atoms with E-state index in [4.69, 9.17) is 11.5 Å². The van der Waals surface area contributed by atoms with Gasteiger partial charge in [-0.3, -0.25) is 4.79 Å². The lowest BCUT2D eigenvalue weighted by molar-refractivity contribution is -0.145. The summed E-state index contributed by atoms with van der Waals surface area (Å²) in [4.78, 5) is 12.1. The van der Waals surface area contributed by atoms with Crippen molar-refractivity contribution in [1.82, 2.24) is 0 Å². The predicted molar refractivity (Wildman–Crippen MR) is 69.4 cm³/mol. The summed E-state index contributed by atoms with van der Waals surface area (Å²) >= 11 is 0.